The molecule has 2 amide bonds. The molecule has 5 nitrogen and oxygen atoms in total. The number of rotatable bonds is 2. The van der Waals surface area contributed by atoms with Crippen LogP contribution in [0.2, 0.25) is 5.02 Å². The van der Waals surface area contributed by atoms with Crippen LogP contribution in [0.5, 0.6) is 0 Å². The van der Waals surface area contributed by atoms with Crippen LogP contribution in [0.3, 0.4) is 0 Å². The zero-order valence-corrected chi connectivity index (χ0v) is 14.5. The normalized spacial score (nSPS) is 15.7. The molecular formula is C14H16ClIN2O3. The first-order valence-corrected chi connectivity index (χ1v) is 8.05. The van der Waals surface area contributed by atoms with E-state index in [1.807, 2.05) is 6.07 Å². The summed E-state index contributed by atoms with van der Waals surface area (Å²) in [6.07, 6.45) is 1.12. The fourth-order valence-corrected chi connectivity index (χ4v) is 3.02. The van der Waals surface area contributed by atoms with Crippen molar-refractivity contribution in [2.75, 3.05) is 20.2 Å². The van der Waals surface area contributed by atoms with Crippen molar-refractivity contribution in [3.8, 4) is 0 Å². The van der Waals surface area contributed by atoms with Crippen molar-refractivity contribution in [3.63, 3.8) is 0 Å². The minimum atomic E-state index is -0.316. The fraction of sp³-hybridized carbons (Fsp3) is 0.429. The molecule has 0 spiro atoms. The van der Waals surface area contributed by atoms with Gasteiger partial charge in [0, 0.05) is 27.7 Å². The number of halogens is 2. The first-order valence-electron chi connectivity index (χ1n) is 6.60. The summed E-state index contributed by atoms with van der Waals surface area (Å²) in [5.41, 5.74) is 0.582. The van der Waals surface area contributed by atoms with Gasteiger partial charge in [0.25, 0.3) is 5.91 Å². The molecule has 1 fully saturated rings. The molecule has 1 saturated heterocycles. The van der Waals surface area contributed by atoms with Gasteiger partial charge in [-0.25, -0.2) is 4.79 Å². The molecular weight excluding hydrogens is 407 g/mol. The number of piperidine rings is 1. The van der Waals surface area contributed by atoms with Gasteiger partial charge in [0.1, 0.15) is 0 Å². The molecule has 0 atom stereocenters. The van der Waals surface area contributed by atoms with Crippen LogP contribution < -0.4 is 5.32 Å². The highest BCUT2D eigenvalue weighted by molar-refractivity contribution is 14.1. The Balaban J connectivity index is 1.93. The monoisotopic (exact) mass is 422 g/mol. The maximum Gasteiger partial charge on any atom is 0.409 e. The Hall–Kier alpha value is -1.02. The van der Waals surface area contributed by atoms with Crippen LogP contribution in [-0.2, 0) is 4.74 Å². The Kier molecular flexibility index (Phi) is 5.69. The standard InChI is InChI=1S/C14H16ClIN2O3/c1-21-14(20)18-6-4-10(5-7-18)17-13(19)11-8-9(15)2-3-12(11)16/h2-3,8,10H,4-7H2,1H3,(H,17,19). The summed E-state index contributed by atoms with van der Waals surface area (Å²) in [7, 11) is 1.37. The van der Waals surface area contributed by atoms with Gasteiger partial charge in [-0.15, -0.1) is 0 Å². The van der Waals surface area contributed by atoms with Crippen LogP contribution in [0.25, 0.3) is 0 Å². The summed E-state index contributed by atoms with van der Waals surface area (Å²) >= 11 is 8.05. The number of nitrogens with zero attached hydrogens (tertiary/aromatic N) is 1. The number of likely N-dealkylation sites (tertiary alicyclic amines) is 1. The van der Waals surface area contributed by atoms with Crippen molar-refractivity contribution >= 4 is 46.2 Å². The zero-order chi connectivity index (χ0) is 15.4. The highest BCUT2D eigenvalue weighted by atomic mass is 127. The lowest BCUT2D eigenvalue weighted by Gasteiger charge is -2.31. The SMILES string of the molecule is COC(=O)N1CCC(NC(=O)c2cc(Cl)ccc2I)CC1. The third-order valence-electron chi connectivity index (χ3n) is 3.44. The summed E-state index contributed by atoms with van der Waals surface area (Å²) < 4.78 is 5.55. The summed E-state index contributed by atoms with van der Waals surface area (Å²) in [5, 5.41) is 3.54. The summed E-state index contributed by atoms with van der Waals surface area (Å²) in [6.45, 7) is 1.18. The Morgan fingerprint density at radius 3 is 2.67 bits per heavy atom. The second-order valence-corrected chi connectivity index (χ2v) is 6.43. The van der Waals surface area contributed by atoms with Gasteiger partial charge in [-0.05, 0) is 53.6 Å². The molecule has 21 heavy (non-hydrogen) atoms. The smallest absolute Gasteiger partial charge is 0.409 e. The Morgan fingerprint density at radius 1 is 1.38 bits per heavy atom. The molecule has 1 aromatic rings. The van der Waals surface area contributed by atoms with E-state index in [0.29, 0.717) is 23.7 Å². The van der Waals surface area contributed by atoms with Crippen molar-refractivity contribution in [2.24, 2.45) is 0 Å². The number of hydrogen-bond acceptors (Lipinski definition) is 3. The number of hydrogen-bond donors (Lipinski definition) is 1. The molecule has 1 N–H and O–H groups in total. The van der Waals surface area contributed by atoms with Gasteiger partial charge in [0.2, 0.25) is 0 Å². The molecule has 1 aromatic carbocycles. The van der Waals surface area contributed by atoms with Crippen LogP contribution in [-0.4, -0.2) is 43.1 Å². The van der Waals surface area contributed by atoms with Crippen molar-refractivity contribution < 1.29 is 14.3 Å². The number of benzene rings is 1. The van der Waals surface area contributed by atoms with E-state index >= 15 is 0 Å². The van der Waals surface area contributed by atoms with E-state index in [1.54, 1.807) is 17.0 Å². The number of methoxy groups -OCH3 is 1. The molecule has 7 heteroatoms. The zero-order valence-electron chi connectivity index (χ0n) is 11.6. The van der Waals surface area contributed by atoms with E-state index in [0.717, 1.165) is 16.4 Å². The van der Waals surface area contributed by atoms with Gasteiger partial charge < -0.3 is 15.0 Å². The van der Waals surface area contributed by atoms with E-state index in [2.05, 4.69) is 32.6 Å². The van der Waals surface area contributed by atoms with Gasteiger partial charge in [0.15, 0.2) is 0 Å². The third-order valence-corrected chi connectivity index (χ3v) is 4.61. The first kappa shape index (κ1) is 16.4. The Labute approximate surface area is 142 Å². The number of carbonyl (C=O) groups is 2. The summed E-state index contributed by atoms with van der Waals surface area (Å²) in [5.74, 6) is -0.126. The number of ether oxygens (including phenoxy) is 1. The van der Waals surface area contributed by atoms with Crippen LogP contribution in [0.15, 0.2) is 18.2 Å². The van der Waals surface area contributed by atoms with Crippen LogP contribution >= 0.6 is 34.2 Å². The molecule has 1 aliphatic heterocycles. The predicted octanol–water partition coefficient (Wildman–Crippen LogP) is 2.91. The predicted molar refractivity (Wildman–Crippen MR) is 88.6 cm³/mol. The first-order chi connectivity index (χ1) is 10.0. The Morgan fingerprint density at radius 2 is 2.05 bits per heavy atom. The summed E-state index contributed by atoms with van der Waals surface area (Å²) in [6, 6.07) is 5.31. The van der Waals surface area contributed by atoms with Gasteiger partial charge in [-0.1, -0.05) is 11.6 Å². The van der Waals surface area contributed by atoms with E-state index in [4.69, 9.17) is 11.6 Å². The lowest BCUT2D eigenvalue weighted by Crippen LogP contribution is -2.46. The maximum atomic E-state index is 12.3. The lowest BCUT2D eigenvalue weighted by molar-refractivity contribution is 0.0891. The van der Waals surface area contributed by atoms with Gasteiger partial charge in [-0.2, -0.15) is 0 Å². The molecule has 0 aliphatic carbocycles. The molecule has 1 aliphatic rings. The van der Waals surface area contributed by atoms with Crippen molar-refractivity contribution in [2.45, 2.75) is 18.9 Å². The topological polar surface area (TPSA) is 58.6 Å². The molecule has 0 bridgehead atoms. The average molecular weight is 423 g/mol. The van der Waals surface area contributed by atoms with E-state index in [1.165, 1.54) is 7.11 Å². The average Bonchev–Trinajstić information content (AvgIpc) is 2.49. The number of carbonyl (C=O) groups excluding carboxylic acids is 2. The molecule has 0 saturated carbocycles. The quantitative estimate of drug-likeness (QED) is 0.746. The molecule has 0 unspecified atom stereocenters. The van der Waals surface area contributed by atoms with Crippen molar-refractivity contribution in [3.05, 3.63) is 32.4 Å². The molecule has 0 aromatic heterocycles. The molecule has 0 radical (unpaired) electrons. The minimum absolute atomic E-state index is 0.0631. The third kappa shape index (κ3) is 4.23. The van der Waals surface area contributed by atoms with E-state index in [9.17, 15) is 9.59 Å². The summed E-state index contributed by atoms with van der Waals surface area (Å²) in [4.78, 5) is 25.3. The highest BCUT2D eigenvalue weighted by Crippen LogP contribution is 2.19. The largest absolute Gasteiger partial charge is 0.453 e. The second kappa shape index (κ2) is 7.31. The Bertz CT molecular complexity index is 545. The van der Waals surface area contributed by atoms with Crippen LogP contribution in [0.4, 0.5) is 4.79 Å². The van der Waals surface area contributed by atoms with Crippen LogP contribution in [0.1, 0.15) is 23.2 Å². The second-order valence-electron chi connectivity index (χ2n) is 4.83. The number of nitrogens with one attached hydrogen (secondary N) is 1. The van der Waals surface area contributed by atoms with E-state index in [-0.39, 0.29) is 18.0 Å². The van der Waals surface area contributed by atoms with Crippen molar-refractivity contribution in [1.82, 2.24) is 10.2 Å². The minimum Gasteiger partial charge on any atom is -0.453 e. The lowest BCUT2D eigenvalue weighted by atomic mass is 10.0. The van der Waals surface area contributed by atoms with Gasteiger partial charge in [-0.3, -0.25) is 4.79 Å². The van der Waals surface area contributed by atoms with Crippen molar-refractivity contribution in [1.29, 1.82) is 0 Å². The van der Waals surface area contributed by atoms with Crippen LogP contribution in [0, 0.1) is 3.57 Å². The molecule has 1 heterocycles. The number of amides is 2. The fourth-order valence-electron chi connectivity index (χ4n) is 2.27. The highest BCUT2D eigenvalue weighted by Gasteiger charge is 2.24. The molecule has 114 valence electrons. The van der Waals surface area contributed by atoms with Gasteiger partial charge in [0.05, 0.1) is 12.7 Å². The van der Waals surface area contributed by atoms with E-state index < -0.39 is 0 Å². The maximum absolute atomic E-state index is 12.3. The molecule has 2 rings (SSSR count). The van der Waals surface area contributed by atoms with Gasteiger partial charge >= 0.3 is 6.09 Å².